The maximum absolute atomic E-state index is 13.1. The first-order chi connectivity index (χ1) is 46.6. The molecule has 17 nitrogen and oxygen atoms in total. The van der Waals surface area contributed by atoms with Crippen LogP contribution in [0.4, 0.5) is 0 Å². The SMILES string of the molecule is CCC(C)CCCCCCCCC(=O)OC[C@H](COP(=O)(O)OC[C@H](O)COP(=O)(O)OC[C@@H](COC(=O)CCCCCCCCCCCCCC(C)C)OC(=O)CCCCCCCCCCCCCCCCC(C)C)OC(=O)CCCCCCCCCCCCCCCC(C)C. The minimum absolute atomic E-state index is 0.106. The number of carbonyl (C=O) groups excluding carboxylic acids is 4. The van der Waals surface area contributed by atoms with Crippen molar-refractivity contribution < 1.29 is 80.2 Å². The molecule has 576 valence electrons. The molecule has 0 heterocycles. The number of hydrogen-bond donors (Lipinski definition) is 3. The molecule has 0 radical (unpaired) electrons. The molecule has 97 heavy (non-hydrogen) atoms. The second-order valence-electron chi connectivity index (χ2n) is 29.8. The lowest BCUT2D eigenvalue weighted by atomic mass is 10.00. The molecule has 0 aromatic heterocycles. The van der Waals surface area contributed by atoms with Crippen LogP contribution in [0.1, 0.15) is 396 Å². The summed E-state index contributed by atoms with van der Waals surface area (Å²) in [6.07, 6.45) is 52.7. The maximum atomic E-state index is 13.1. The molecule has 0 spiro atoms. The molecule has 0 amide bonds. The van der Waals surface area contributed by atoms with Crippen molar-refractivity contribution in [2.24, 2.45) is 23.7 Å². The van der Waals surface area contributed by atoms with Crippen LogP contribution in [0.2, 0.25) is 0 Å². The summed E-state index contributed by atoms with van der Waals surface area (Å²) in [5.74, 6) is 0.965. The minimum atomic E-state index is -4.96. The average Bonchev–Trinajstić information content (AvgIpc) is 1.76. The van der Waals surface area contributed by atoms with Crippen LogP contribution in [0.3, 0.4) is 0 Å². The number of phosphoric ester groups is 2. The van der Waals surface area contributed by atoms with Crippen molar-refractivity contribution in [3.05, 3.63) is 0 Å². The number of hydrogen-bond acceptors (Lipinski definition) is 15. The van der Waals surface area contributed by atoms with Gasteiger partial charge in [0, 0.05) is 25.7 Å². The smallest absolute Gasteiger partial charge is 0.462 e. The van der Waals surface area contributed by atoms with Gasteiger partial charge in [-0.3, -0.25) is 37.3 Å². The zero-order chi connectivity index (χ0) is 71.7. The highest BCUT2D eigenvalue weighted by atomic mass is 31.2. The topological polar surface area (TPSA) is 237 Å². The second kappa shape index (κ2) is 67.2. The van der Waals surface area contributed by atoms with E-state index >= 15 is 0 Å². The molecule has 0 rings (SSSR count). The molecule has 0 aliphatic carbocycles. The fourth-order valence-electron chi connectivity index (χ4n) is 11.9. The van der Waals surface area contributed by atoms with E-state index in [0.29, 0.717) is 25.7 Å². The van der Waals surface area contributed by atoms with Crippen molar-refractivity contribution in [1.82, 2.24) is 0 Å². The zero-order valence-corrected chi connectivity index (χ0v) is 65.5. The van der Waals surface area contributed by atoms with E-state index < -0.39 is 97.5 Å². The van der Waals surface area contributed by atoms with Gasteiger partial charge in [0.25, 0.3) is 0 Å². The van der Waals surface area contributed by atoms with E-state index in [-0.39, 0.29) is 25.7 Å². The van der Waals surface area contributed by atoms with Gasteiger partial charge in [0.05, 0.1) is 26.4 Å². The van der Waals surface area contributed by atoms with Crippen molar-refractivity contribution in [3.8, 4) is 0 Å². The van der Waals surface area contributed by atoms with Crippen molar-refractivity contribution in [1.29, 1.82) is 0 Å². The van der Waals surface area contributed by atoms with Crippen molar-refractivity contribution in [2.75, 3.05) is 39.6 Å². The van der Waals surface area contributed by atoms with E-state index in [2.05, 4.69) is 55.4 Å². The number of carbonyl (C=O) groups is 4. The molecule has 3 N–H and O–H groups in total. The number of unbranched alkanes of at least 4 members (excludes halogenated alkanes) is 40. The number of rotatable bonds is 75. The van der Waals surface area contributed by atoms with E-state index in [1.165, 1.54) is 193 Å². The van der Waals surface area contributed by atoms with Gasteiger partial charge in [-0.15, -0.1) is 0 Å². The monoisotopic (exact) mass is 1420 g/mol. The van der Waals surface area contributed by atoms with Gasteiger partial charge in [-0.1, -0.05) is 344 Å². The van der Waals surface area contributed by atoms with Crippen LogP contribution < -0.4 is 0 Å². The number of esters is 4. The van der Waals surface area contributed by atoms with Gasteiger partial charge in [-0.25, -0.2) is 9.13 Å². The Morgan fingerprint density at radius 1 is 0.289 bits per heavy atom. The van der Waals surface area contributed by atoms with Gasteiger partial charge in [-0.2, -0.15) is 0 Å². The third kappa shape index (κ3) is 70.9. The first-order valence-electron chi connectivity index (χ1n) is 40.2. The number of aliphatic hydroxyl groups is 1. The molecule has 0 aliphatic rings. The summed E-state index contributed by atoms with van der Waals surface area (Å²) in [4.78, 5) is 72.9. The van der Waals surface area contributed by atoms with Crippen LogP contribution in [0.5, 0.6) is 0 Å². The van der Waals surface area contributed by atoms with Gasteiger partial charge >= 0.3 is 39.5 Å². The van der Waals surface area contributed by atoms with Crippen molar-refractivity contribution >= 4 is 39.5 Å². The van der Waals surface area contributed by atoms with E-state index in [4.69, 9.17) is 37.0 Å². The van der Waals surface area contributed by atoms with E-state index in [0.717, 1.165) is 120 Å². The minimum Gasteiger partial charge on any atom is -0.462 e. The Hall–Kier alpha value is -1.94. The highest BCUT2D eigenvalue weighted by Crippen LogP contribution is 2.45. The van der Waals surface area contributed by atoms with Crippen LogP contribution in [-0.2, 0) is 65.4 Å². The molecule has 0 aromatic rings. The van der Waals surface area contributed by atoms with Gasteiger partial charge in [-0.05, 0) is 49.4 Å². The molecule has 0 saturated carbocycles. The third-order valence-electron chi connectivity index (χ3n) is 18.4. The fraction of sp³-hybridized carbons (Fsp3) is 0.949. The summed E-state index contributed by atoms with van der Waals surface area (Å²) in [5.41, 5.74) is 0. The fourth-order valence-corrected chi connectivity index (χ4v) is 13.5. The summed E-state index contributed by atoms with van der Waals surface area (Å²) in [6, 6.07) is 0. The van der Waals surface area contributed by atoms with Gasteiger partial charge in [0.2, 0.25) is 0 Å². The maximum Gasteiger partial charge on any atom is 0.472 e. The predicted molar refractivity (Wildman–Crippen MR) is 395 cm³/mol. The van der Waals surface area contributed by atoms with E-state index in [1.54, 1.807) is 0 Å². The van der Waals surface area contributed by atoms with Crippen molar-refractivity contribution in [3.63, 3.8) is 0 Å². The van der Waals surface area contributed by atoms with Gasteiger partial charge in [0.15, 0.2) is 12.2 Å². The summed E-state index contributed by atoms with van der Waals surface area (Å²) < 4.78 is 68.6. The van der Waals surface area contributed by atoms with Crippen LogP contribution in [0.15, 0.2) is 0 Å². The summed E-state index contributed by atoms with van der Waals surface area (Å²) >= 11 is 0. The third-order valence-corrected chi connectivity index (χ3v) is 20.3. The van der Waals surface area contributed by atoms with E-state index in [1.807, 2.05) is 0 Å². The highest BCUT2D eigenvalue weighted by molar-refractivity contribution is 7.47. The first-order valence-corrected chi connectivity index (χ1v) is 43.2. The molecule has 0 bridgehead atoms. The van der Waals surface area contributed by atoms with Crippen LogP contribution in [0, 0.1) is 23.7 Å². The normalized spacial score (nSPS) is 14.4. The Labute approximate surface area is 594 Å². The lowest BCUT2D eigenvalue weighted by molar-refractivity contribution is -0.161. The van der Waals surface area contributed by atoms with Crippen LogP contribution >= 0.6 is 15.6 Å². The first kappa shape index (κ1) is 95.1. The quantitative estimate of drug-likeness (QED) is 0.0222. The number of phosphoric acid groups is 2. The summed E-state index contributed by atoms with van der Waals surface area (Å²) in [7, 11) is -9.92. The highest BCUT2D eigenvalue weighted by Gasteiger charge is 2.30. The molecule has 19 heteroatoms. The van der Waals surface area contributed by atoms with Crippen molar-refractivity contribution in [2.45, 2.75) is 414 Å². The average molecular weight is 1420 g/mol. The Morgan fingerprint density at radius 3 is 0.732 bits per heavy atom. The lowest BCUT2D eigenvalue weighted by Gasteiger charge is -2.21. The Morgan fingerprint density at radius 2 is 0.495 bits per heavy atom. The molecule has 0 saturated heterocycles. The second-order valence-corrected chi connectivity index (χ2v) is 32.7. The van der Waals surface area contributed by atoms with E-state index in [9.17, 15) is 43.2 Å². The molecule has 0 aliphatic heterocycles. The molecular weight excluding hydrogens is 1270 g/mol. The Balaban J connectivity index is 5.26. The van der Waals surface area contributed by atoms with Crippen LogP contribution in [-0.4, -0.2) is 96.7 Å². The molecular formula is C78H152O17P2. The molecule has 3 unspecified atom stereocenters. The zero-order valence-electron chi connectivity index (χ0n) is 63.7. The Kier molecular flexibility index (Phi) is 65.9. The predicted octanol–water partition coefficient (Wildman–Crippen LogP) is 22.8. The largest absolute Gasteiger partial charge is 0.472 e. The molecule has 0 aromatic carbocycles. The number of ether oxygens (including phenoxy) is 4. The summed E-state index contributed by atoms with van der Waals surface area (Å²) in [5, 5.41) is 10.6. The number of aliphatic hydroxyl groups excluding tert-OH is 1. The van der Waals surface area contributed by atoms with Gasteiger partial charge in [0.1, 0.15) is 19.3 Å². The van der Waals surface area contributed by atoms with Crippen LogP contribution in [0.25, 0.3) is 0 Å². The summed E-state index contributed by atoms with van der Waals surface area (Å²) in [6.45, 7) is 14.2. The molecule has 6 atom stereocenters. The Bertz CT molecular complexity index is 1900. The molecule has 0 fully saturated rings. The lowest BCUT2D eigenvalue weighted by Crippen LogP contribution is -2.30. The van der Waals surface area contributed by atoms with Gasteiger partial charge < -0.3 is 33.8 Å². The standard InChI is InChI=1S/C78H152O17P2/c1-9-71(8)57-49-41-36-37-43-51-59-76(81)89-65-74(95-78(83)61-53-45-35-29-22-16-12-14-19-25-31-39-47-55-69(4)5)67-93-97(86,87)91-63-72(79)62-90-96(84,85)92-66-73(64-88-75(80)58-50-42-33-27-23-17-20-26-32-40-48-56-70(6)7)94-77(82)60-52-44-34-28-21-15-11-10-13-18-24-30-38-46-54-68(2)3/h68-74,79H,9-67H2,1-8H3,(H,84,85)(H,86,87)/t71?,72-,73-,74-/m1/s1.